The highest BCUT2D eigenvalue weighted by molar-refractivity contribution is 7.16. The maximum Gasteiger partial charge on any atom is 0.107 e. The van der Waals surface area contributed by atoms with E-state index in [1.807, 2.05) is 7.05 Å². The van der Waals surface area contributed by atoms with Gasteiger partial charge in [-0.3, -0.25) is 0 Å². The maximum atomic E-state index is 4.55. The van der Waals surface area contributed by atoms with Crippen molar-refractivity contribution >= 4 is 22.7 Å². The Morgan fingerprint density at radius 3 is 2.93 bits per heavy atom. The van der Waals surface area contributed by atoms with E-state index in [1.54, 1.807) is 22.7 Å². The third-order valence-electron chi connectivity index (χ3n) is 1.87. The fraction of sp³-hybridized carbons (Fsp3) is 0.300. The predicted molar refractivity (Wildman–Crippen MR) is 62.9 cm³/mol. The van der Waals surface area contributed by atoms with E-state index in [4.69, 9.17) is 0 Å². The molecule has 2 nitrogen and oxygen atoms in total. The van der Waals surface area contributed by atoms with Gasteiger partial charge in [0.15, 0.2) is 0 Å². The van der Waals surface area contributed by atoms with E-state index in [0.717, 1.165) is 17.2 Å². The molecule has 0 fully saturated rings. The third-order valence-corrected chi connectivity index (χ3v) is 3.74. The van der Waals surface area contributed by atoms with Crippen LogP contribution in [0.3, 0.4) is 0 Å². The monoisotopic (exact) mass is 224 g/mol. The van der Waals surface area contributed by atoms with Crippen LogP contribution < -0.4 is 5.32 Å². The van der Waals surface area contributed by atoms with Crippen molar-refractivity contribution in [1.82, 2.24) is 10.3 Å². The van der Waals surface area contributed by atoms with Gasteiger partial charge in [-0.25, -0.2) is 4.98 Å². The van der Waals surface area contributed by atoms with Gasteiger partial charge in [0.1, 0.15) is 5.01 Å². The molecule has 2 aromatic heterocycles. The molecule has 0 amide bonds. The molecule has 0 spiro atoms. The summed E-state index contributed by atoms with van der Waals surface area (Å²) in [6, 6.07) is 4.27. The Hall–Kier alpha value is -0.710. The average Bonchev–Trinajstić information content (AvgIpc) is 2.74. The first-order valence-corrected chi connectivity index (χ1v) is 6.15. The van der Waals surface area contributed by atoms with Crippen LogP contribution in [-0.2, 0) is 6.54 Å². The summed E-state index contributed by atoms with van der Waals surface area (Å²) in [6.07, 6.45) is 0. The molecule has 4 heteroatoms. The summed E-state index contributed by atoms with van der Waals surface area (Å²) in [7, 11) is 1.94. The van der Waals surface area contributed by atoms with E-state index in [2.05, 4.69) is 34.7 Å². The summed E-state index contributed by atoms with van der Waals surface area (Å²) in [6.45, 7) is 2.98. The first-order chi connectivity index (χ1) is 6.79. The van der Waals surface area contributed by atoms with Crippen molar-refractivity contribution in [3.63, 3.8) is 0 Å². The van der Waals surface area contributed by atoms with Crippen molar-refractivity contribution in [3.05, 3.63) is 27.4 Å². The molecule has 0 aliphatic carbocycles. The number of thiazole rings is 1. The SMILES string of the molecule is CNCc1nc(-c2ccc(C)s2)cs1. The Bertz CT molecular complexity index is 417. The van der Waals surface area contributed by atoms with Gasteiger partial charge < -0.3 is 5.32 Å². The van der Waals surface area contributed by atoms with Gasteiger partial charge in [0.2, 0.25) is 0 Å². The summed E-state index contributed by atoms with van der Waals surface area (Å²) in [5.41, 5.74) is 1.11. The molecule has 0 atom stereocenters. The first kappa shape index (κ1) is 9.83. The molecule has 0 saturated heterocycles. The van der Waals surface area contributed by atoms with Crippen LogP contribution in [0.25, 0.3) is 10.6 Å². The largest absolute Gasteiger partial charge is 0.314 e. The summed E-state index contributed by atoms with van der Waals surface area (Å²) >= 11 is 3.51. The average molecular weight is 224 g/mol. The third kappa shape index (κ3) is 2.03. The number of rotatable bonds is 3. The molecule has 1 N–H and O–H groups in total. The van der Waals surface area contributed by atoms with Crippen molar-refractivity contribution in [2.24, 2.45) is 0 Å². The molecule has 14 heavy (non-hydrogen) atoms. The second kappa shape index (κ2) is 4.21. The van der Waals surface area contributed by atoms with E-state index in [1.165, 1.54) is 9.75 Å². The summed E-state index contributed by atoms with van der Waals surface area (Å²) in [5, 5.41) is 6.38. The van der Waals surface area contributed by atoms with Crippen molar-refractivity contribution in [2.75, 3.05) is 7.05 Å². The fourth-order valence-electron chi connectivity index (χ4n) is 1.23. The van der Waals surface area contributed by atoms with E-state index >= 15 is 0 Å². The highest BCUT2D eigenvalue weighted by Gasteiger charge is 2.05. The lowest BCUT2D eigenvalue weighted by molar-refractivity contribution is 0.811. The van der Waals surface area contributed by atoms with Gasteiger partial charge >= 0.3 is 0 Å². The molecule has 0 aliphatic heterocycles. The van der Waals surface area contributed by atoms with Crippen LogP contribution in [0.15, 0.2) is 17.5 Å². The lowest BCUT2D eigenvalue weighted by Gasteiger charge is -1.91. The molecule has 0 unspecified atom stereocenters. The Morgan fingerprint density at radius 2 is 2.29 bits per heavy atom. The van der Waals surface area contributed by atoms with Crippen LogP contribution in [0, 0.1) is 6.92 Å². The Balaban J connectivity index is 2.24. The molecule has 0 bridgehead atoms. The van der Waals surface area contributed by atoms with Gasteiger partial charge in [0, 0.05) is 16.8 Å². The molecular formula is C10H12N2S2. The van der Waals surface area contributed by atoms with Gasteiger partial charge in [0.05, 0.1) is 10.6 Å². The quantitative estimate of drug-likeness (QED) is 0.867. The van der Waals surface area contributed by atoms with Crippen molar-refractivity contribution in [1.29, 1.82) is 0 Å². The van der Waals surface area contributed by atoms with E-state index < -0.39 is 0 Å². The topological polar surface area (TPSA) is 24.9 Å². The zero-order valence-electron chi connectivity index (χ0n) is 8.20. The lowest BCUT2D eigenvalue weighted by Crippen LogP contribution is -2.04. The van der Waals surface area contributed by atoms with Gasteiger partial charge in [-0.1, -0.05) is 0 Å². The molecule has 2 heterocycles. The molecular weight excluding hydrogens is 212 g/mol. The van der Waals surface area contributed by atoms with Crippen molar-refractivity contribution in [3.8, 4) is 10.6 Å². The Morgan fingerprint density at radius 1 is 1.43 bits per heavy atom. The van der Waals surface area contributed by atoms with Crippen molar-refractivity contribution < 1.29 is 0 Å². The normalized spacial score (nSPS) is 10.7. The molecule has 0 aromatic carbocycles. The molecule has 2 rings (SSSR count). The fourth-order valence-corrected chi connectivity index (χ4v) is 2.94. The Kier molecular flexibility index (Phi) is 2.96. The van der Waals surface area contributed by atoms with E-state index in [0.29, 0.717) is 0 Å². The van der Waals surface area contributed by atoms with Crippen LogP contribution in [0.4, 0.5) is 0 Å². The van der Waals surface area contributed by atoms with E-state index in [-0.39, 0.29) is 0 Å². The van der Waals surface area contributed by atoms with Crippen LogP contribution in [0.1, 0.15) is 9.88 Å². The van der Waals surface area contributed by atoms with Crippen molar-refractivity contribution in [2.45, 2.75) is 13.5 Å². The minimum Gasteiger partial charge on any atom is -0.314 e. The molecule has 0 aliphatic rings. The van der Waals surface area contributed by atoms with Gasteiger partial charge in [0.25, 0.3) is 0 Å². The number of hydrogen-bond acceptors (Lipinski definition) is 4. The van der Waals surface area contributed by atoms with Crippen LogP contribution in [0.5, 0.6) is 0 Å². The predicted octanol–water partition coefficient (Wildman–Crippen LogP) is 2.90. The molecule has 0 radical (unpaired) electrons. The summed E-state index contributed by atoms with van der Waals surface area (Å²) in [4.78, 5) is 7.15. The number of nitrogens with zero attached hydrogens (tertiary/aromatic N) is 1. The summed E-state index contributed by atoms with van der Waals surface area (Å²) < 4.78 is 0. The highest BCUT2D eigenvalue weighted by atomic mass is 32.1. The lowest BCUT2D eigenvalue weighted by atomic mass is 10.4. The minimum atomic E-state index is 0.856. The number of hydrogen-bond donors (Lipinski definition) is 1. The zero-order chi connectivity index (χ0) is 9.97. The molecule has 2 aromatic rings. The number of aryl methyl sites for hydroxylation is 1. The standard InChI is InChI=1S/C10H12N2S2/c1-7-3-4-9(14-7)8-6-13-10(12-8)5-11-2/h3-4,6,11H,5H2,1-2H3. The molecule has 74 valence electrons. The maximum absolute atomic E-state index is 4.55. The minimum absolute atomic E-state index is 0.856. The zero-order valence-corrected chi connectivity index (χ0v) is 9.84. The van der Waals surface area contributed by atoms with Crippen LogP contribution in [0.2, 0.25) is 0 Å². The first-order valence-electron chi connectivity index (χ1n) is 4.45. The second-order valence-electron chi connectivity index (χ2n) is 3.07. The number of thiophene rings is 1. The van der Waals surface area contributed by atoms with Crippen LogP contribution in [-0.4, -0.2) is 12.0 Å². The summed E-state index contributed by atoms with van der Waals surface area (Å²) in [5.74, 6) is 0. The molecule has 0 saturated carbocycles. The van der Waals surface area contributed by atoms with E-state index in [9.17, 15) is 0 Å². The van der Waals surface area contributed by atoms with Gasteiger partial charge in [-0.2, -0.15) is 0 Å². The van der Waals surface area contributed by atoms with Gasteiger partial charge in [-0.05, 0) is 26.1 Å². The highest BCUT2D eigenvalue weighted by Crippen LogP contribution is 2.28. The second-order valence-corrected chi connectivity index (χ2v) is 5.30. The number of aromatic nitrogens is 1. The van der Waals surface area contributed by atoms with Gasteiger partial charge in [-0.15, -0.1) is 22.7 Å². The van der Waals surface area contributed by atoms with Crippen LogP contribution >= 0.6 is 22.7 Å². The number of nitrogens with one attached hydrogen (secondary N) is 1. The Labute approximate surface area is 91.6 Å². The smallest absolute Gasteiger partial charge is 0.107 e.